The lowest BCUT2D eigenvalue weighted by atomic mass is 9.96. The van der Waals surface area contributed by atoms with E-state index in [1.807, 2.05) is 0 Å². The highest BCUT2D eigenvalue weighted by molar-refractivity contribution is 9.10. The minimum Gasteiger partial charge on any atom is -0.339 e. The maximum absolute atomic E-state index is 15.0. The summed E-state index contributed by atoms with van der Waals surface area (Å²) in [6.45, 7) is 0.307. The van der Waals surface area contributed by atoms with Crippen LogP contribution in [0.1, 0.15) is 34.3 Å². The van der Waals surface area contributed by atoms with Gasteiger partial charge in [-0.25, -0.2) is 13.2 Å². The fraction of sp³-hybridized carbons (Fsp3) is 0.304. The van der Waals surface area contributed by atoms with E-state index < -0.39 is 47.9 Å². The number of halogens is 10. The summed E-state index contributed by atoms with van der Waals surface area (Å²) in [6, 6.07) is 5.12. The largest absolute Gasteiger partial charge is 0.399 e. The van der Waals surface area contributed by atoms with E-state index in [-0.39, 0.29) is 37.2 Å². The molecule has 2 N–H and O–H groups in total. The molecule has 2 atom stereocenters. The summed E-state index contributed by atoms with van der Waals surface area (Å²) in [5, 5.41) is 4.09. The van der Waals surface area contributed by atoms with Crippen molar-refractivity contribution in [2.45, 2.75) is 31.0 Å². The zero-order chi connectivity index (χ0) is 28.1. The van der Waals surface area contributed by atoms with Crippen molar-refractivity contribution >= 4 is 68.8 Å². The van der Waals surface area contributed by atoms with Gasteiger partial charge < -0.3 is 15.4 Å². The van der Waals surface area contributed by atoms with Crippen LogP contribution in [0.15, 0.2) is 40.9 Å². The number of carbonyl (C=O) groups excluding carboxylic acids is 2. The van der Waals surface area contributed by atoms with Gasteiger partial charge in [-0.1, -0.05) is 40.9 Å². The van der Waals surface area contributed by atoms with Gasteiger partial charge in [-0.05, 0) is 58.8 Å². The van der Waals surface area contributed by atoms with Crippen molar-refractivity contribution in [2.75, 3.05) is 13.1 Å². The van der Waals surface area contributed by atoms with Crippen LogP contribution in [0, 0.1) is 0 Å². The Labute approximate surface area is 231 Å². The first-order valence-electron chi connectivity index (χ1n) is 10.2. The lowest BCUT2D eigenvalue weighted by Gasteiger charge is -2.25. The Morgan fingerprint density at radius 2 is 1.70 bits per heavy atom. The predicted octanol–water partition coefficient (Wildman–Crippen LogP) is 7.61. The zero-order valence-corrected chi connectivity index (χ0v) is 22.6. The van der Waals surface area contributed by atoms with Gasteiger partial charge in [0.2, 0.25) is 0 Å². The first-order chi connectivity index (χ1) is 17.1. The molecule has 202 valence electrons. The second-order valence-corrected chi connectivity index (χ2v) is 10.1. The van der Waals surface area contributed by atoms with Crippen LogP contribution < -0.4 is 10.6 Å². The predicted molar refractivity (Wildman–Crippen MR) is 134 cm³/mol. The molecule has 2 aromatic carbocycles. The molecule has 0 spiro atoms. The number of amides is 1. The van der Waals surface area contributed by atoms with E-state index in [0.29, 0.717) is 12.4 Å². The summed E-state index contributed by atoms with van der Waals surface area (Å²) in [5.41, 5.74) is -2.36. The van der Waals surface area contributed by atoms with Crippen LogP contribution in [0.5, 0.6) is 0 Å². The molecule has 4 nitrogen and oxygen atoms in total. The molecule has 14 heteroatoms. The van der Waals surface area contributed by atoms with E-state index in [2.05, 4.69) is 26.6 Å². The van der Waals surface area contributed by atoms with E-state index in [4.69, 9.17) is 34.8 Å². The Kier molecular flexibility index (Phi) is 10.9. The summed E-state index contributed by atoms with van der Waals surface area (Å²) in [7, 11) is 0. The molecule has 0 heterocycles. The average molecular weight is 655 g/mol. The standard InChI is InChI=1S/C23H18BrCl3F6N2O2/c1-22(10-36,9-34-8-19(29)30)35-21(37)13-3-2-11(4-15(13)24)18(28)7-14(23(31,32)33)12-5-16(25)20(27)17(26)6-12/h2-7,10,14,19,34H,8-9H2,1H3,(H,35,37)/b18-7-/t14?,22-/m0/s1. The Balaban J connectivity index is 2.32. The number of aldehydes is 1. The number of carbonyl (C=O) groups is 2. The van der Waals surface area contributed by atoms with Crippen LogP contribution in [-0.2, 0) is 4.79 Å². The third kappa shape index (κ3) is 8.61. The molecule has 0 aromatic heterocycles. The smallest absolute Gasteiger partial charge is 0.339 e. The third-order valence-corrected chi connectivity index (χ3v) is 6.82. The van der Waals surface area contributed by atoms with Crippen molar-refractivity contribution < 1.29 is 35.9 Å². The molecule has 0 bridgehead atoms. The van der Waals surface area contributed by atoms with Gasteiger partial charge in [-0.2, -0.15) is 13.2 Å². The summed E-state index contributed by atoms with van der Waals surface area (Å²) >= 11 is 20.5. The molecule has 0 aliphatic rings. The zero-order valence-electron chi connectivity index (χ0n) is 18.7. The molecular weight excluding hydrogens is 637 g/mol. The molecule has 1 amide bonds. The molecule has 0 aliphatic carbocycles. The number of nitrogens with one attached hydrogen (secondary N) is 2. The monoisotopic (exact) mass is 652 g/mol. The SMILES string of the molecule is C[C@@](C=O)(CNCC(F)F)NC(=O)c1ccc(/C(F)=C/C(c2cc(Cl)c(Cl)c(Cl)c2)C(F)(F)F)cc1Br. The topological polar surface area (TPSA) is 58.2 Å². The van der Waals surface area contributed by atoms with E-state index >= 15 is 0 Å². The molecule has 0 saturated carbocycles. The number of allylic oxidation sites excluding steroid dienone is 1. The van der Waals surface area contributed by atoms with Crippen molar-refractivity contribution in [2.24, 2.45) is 0 Å². The van der Waals surface area contributed by atoms with Gasteiger partial charge in [0, 0.05) is 16.6 Å². The first kappa shape index (κ1) is 31.4. The maximum Gasteiger partial charge on any atom is 0.399 e. The number of hydrogen-bond donors (Lipinski definition) is 2. The molecule has 1 unspecified atom stereocenters. The second kappa shape index (κ2) is 12.8. The highest BCUT2D eigenvalue weighted by Crippen LogP contribution is 2.42. The molecule has 37 heavy (non-hydrogen) atoms. The highest BCUT2D eigenvalue weighted by atomic mass is 79.9. The molecule has 0 aliphatic heterocycles. The fourth-order valence-electron chi connectivity index (χ4n) is 3.11. The fourth-order valence-corrected chi connectivity index (χ4v) is 4.28. The molecule has 0 saturated heterocycles. The van der Waals surface area contributed by atoms with Crippen LogP contribution in [0.2, 0.25) is 15.1 Å². The van der Waals surface area contributed by atoms with Gasteiger partial charge >= 0.3 is 6.18 Å². The maximum atomic E-state index is 15.0. The molecule has 0 radical (unpaired) electrons. The lowest BCUT2D eigenvalue weighted by Crippen LogP contribution is -2.54. The van der Waals surface area contributed by atoms with E-state index in [0.717, 1.165) is 30.3 Å². The van der Waals surface area contributed by atoms with Gasteiger partial charge in [-0.15, -0.1) is 0 Å². The Morgan fingerprint density at radius 3 is 2.19 bits per heavy atom. The number of rotatable bonds is 10. The van der Waals surface area contributed by atoms with E-state index in [1.54, 1.807) is 0 Å². The Hall–Kier alpha value is -1.79. The lowest BCUT2D eigenvalue weighted by molar-refractivity contribution is -0.139. The minimum atomic E-state index is -4.91. The van der Waals surface area contributed by atoms with Crippen molar-refractivity contribution in [3.8, 4) is 0 Å². The van der Waals surface area contributed by atoms with E-state index in [1.165, 1.54) is 6.92 Å². The molecule has 0 fully saturated rings. The van der Waals surface area contributed by atoms with Crippen LogP contribution in [0.4, 0.5) is 26.3 Å². The summed E-state index contributed by atoms with van der Waals surface area (Å²) in [5.74, 6) is -4.49. The van der Waals surface area contributed by atoms with E-state index in [9.17, 15) is 35.9 Å². The third-order valence-electron chi connectivity index (χ3n) is 4.97. The van der Waals surface area contributed by atoms with Gasteiger partial charge in [0.1, 0.15) is 23.6 Å². The van der Waals surface area contributed by atoms with Crippen molar-refractivity contribution in [1.82, 2.24) is 10.6 Å². The number of hydrogen-bond acceptors (Lipinski definition) is 3. The normalized spacial score (nSPS) is 14.9. The van der Waals surface area contributed by atoms with Gasteiger partial charge in [0.05, 0.1) is 27.2 Å². The highest BCUT2D eigenvalue weighted by Gasteiger charge is 2.40. The summed E-state index contributed by atoms with van der Waals surface area (Å²) in [4.78, 5) is 24.1. The van der Waals surface area contributed by atoms with Crippen LogP contribution in [-0.4, -0.2) is 43.4 Å². The Bertz CT molecular complexity index is 1170. The van der Waals surface area contributed by atoms with Crippen molar-refractivity contribution in [3.05, 3.63) is 72.6 Å². The number of alkyl halides is 5. The average Bonchev–Trinajstić information content (AvgIpc) is 2.79. The van der Waals surface area contributed by atoms with Crippen molar-refractivity contribution in [1.29, 1.82) is 0 Å². The van der Waals surface area contributed by atoms with Gasteiger partial charge in [-0.3, -0.25) is 4.79 Å². The second-order valence-electron chi connectivity index (χ2n) is 8.04. The van der Waals surface area contributed by atoms with Crippen molar-refractivity contribution in [3.63, 3.8) is 0 Å². The first-order valence-corrected chi connectivity index (χ1v) is 12.2. The minimum absolute atomic E-state index is 0.000907. The summed E-state index contributed by atoms with van der Waals surface area (Å²) < 4.78 is 80.9. The number of benzene rings is 2. The van der Waals surface area contributed by atoms with Gasteiger partial charge in [0.15, 0.2) is 0 Å². The molecule has 2 rings (SSSR count). The molecular formula is C23H18BrCl3F6N2O2. The quantitative estimate of drug-likeness (QED) is 0.158. The van der Waals surface area contributed by atoms with Crippen LogP contribution >= 0.6 is 50.7 Å². The van der Waals surface area contributed by atoms with Crippen LogP contribution in [0.3, 0.4) is 0 Å². The molecule has 2 aromatic rings. The Morgan fingerprint density at radius 1 is 1.11 bits per heavy atom. The van der Waals surface area contributed by atoms with Gasteiger partial charge in [0.25, 0.3) is 12.3 Å². The summed E-state index contributed by atoms with van der Waals surface area (Å²) in [6.07, 6.45) is -6.88. The van der Waals surface area contributed by atoms with Crippen LogP contribution in [0.25, 0.3) is 5.83 Å².